The highest BCUT2D eigenvalue weighted by molar-refractivity contribution is 7.80. The van der Waals surface area contributed by atoms with Crippen LogP contribution in [-0.4, -0.2) is 38.1 Å². The molecule has 0 saturated heterocycles. The quantitative estimate of drug-likeness (QED) is 0.269. The van der Waals surface area contributed by atoms with E-state index in [4.69, 9.17) is 26.4 Å². The number of hydrazone groups is 1. The SMILES string of the molecule is CCNC(=S)N/N=C\c1cc(OC)c(OC(C)=O)c(OC)c1. The van der Waals surface area contributed by atoms with E-state index in [2.05, 4.69) is 15.8 Å². The molecule has 2 N–H and O–H groups in total. The molecule has 0 aliphatic heterocycles. The van der Waals surface area contributed by atoms with Crippen LogP contribution in [0.25, 0.3) is 0 Å². The van der Waals surface area contributed by atoms with Crippen LogP contribution < -0.4 is 25.0 Å². The molecule has 22 heavy (non-hydrogen) atoms. The van der Waals surface area contributed by atoms with Gasteiger partial charge in [0.2, 0.25) is 5.75 Å². The lowest BCUT2D eigenvalue weighted by molar-refractivity contribution is -0.132. The third-order valence-electron chi connectivity index (χ3n) is 2.45. The van der Waals surface area contributed by atoms with Gasteiger partial charge >= 0.3 is 5.97 Å². The summed E-state index contributed by atoms with van der Waals surface area (Å²) in [4.78, 5) is 11.2. The van der Waals surface area contributed by atoms with Crippen molar-refractivity contribution in [2.45, 2.75) is 13.8 Å². The number of esters is 1. The number of carbonyl (C=O) groups excluding carboxylic acids is 1. The summed E-state index contributed by atoms with van der Waals surface area (Å²) in [5.74, 6) is 0.497. The molecule has 0 spiro atoms. The predicted octanol–water partition coefficient (Wildman–Crippen LogP) is 1.45. The minimum atomic E-state index is -0.462. The number of hydrogen-bond donors (Lipinski definition) is 2. The van der Waals surface area contributed by atoms with E-state index >= 15 is 0 Å². The molecule has 0 radical (unpaired) electrons. The highest BCUT2D eigenvalue weighted by Gasteiger charge is 2.15. The Balaban J connectivity index is 3.00. The number of benzene rings is 1. The second-order valence-corrected chi connectivity index (χ2v) is 4.49. The maximum atomic E-state index is 11.2. The van der Waals surface area contributed by atoms with Crippen LogP contribution >= 0.6 is 12.2 Å². The van der Waals surface area contributed by atoms with Crippen LogP contribution in [0, 0.1) is 0 Å². The van der Waals surface area contributed by atoms with E-state index in [1.54, 1.807) is 18.3 Å². The van der Waals surface area contributed by atoms with E-state index in [9.17, 15) is 4.79 Å². The van der Waals surface area contributed by atoms with Crippen molar-refractivity contribution >= 4 is 29.5 Å². The van der Waals surface area contributed by atoms with Gasteiger partial charge in [0.05, 0.1) is 20.4 Å². The molecule has 7 nitrogen and oxygen atoms in total. The Morgan fingerprint density at radius 1 is 1.32 bits per heavy atom. The van der Waals surface area contributed by atoms with Crippen LogP contribution in [-0.2, 0) is 4.79 Å². The van der Waals surface area contributed by atoms with E-state index < -0.39 is 5.97 Å². The summed E-state index contributed by atoms with van der Waals surface area (Å²) in [7, 11) is 2.95. The molecule has 120 valence electrons. The third-order valence-corrected chi connectivity index (χ3v) is 2.68. The van der Waals surface area contributed by atoms with E-state index in [1.165, 1.54) is 21.1 Å². The predicted molar refractivity (Wildman–Crippen MR) is 87.9 cm³/mol. The van der Waals surface area contributed by atoms with Crippen molar-refractivity contribution in [3.05, 3.63) is 17.7 Å². The van der Waals surface area contributed by atoms with Crippen LogP contribution in [0.2, 0.25) is 0 Å². The average Bonchev–Trinajstić information content (AvgIpc) is 2.48. The molecular weight excluding hydrogens is 306 g/mol. The highest BCUT2D eigenvalue weighted by atomic mass is 32.1. The van der Waals surface area contributed by atoms with E-state index in [0.29, 0.717) is 28.7 Å². The number of ether oxygens (including phenoxy) is 3. The summed E-state index contributed by atoms with van der Waals surface area (Å²) >= 11 is 4.99. The Morgan fingerprint density at radius 3 is 2.36 bits per heavy atom. The molecule has 0 unspecified atom stereocenters. The Kier molecular flexibility index (Phi) is 7.11. The number of nitrogens with one attached hydrogen (secondary N) is 2. The van der Waals surface area contributed by atoms with Crippen LogP contribution in [0.3, 0.4) is 0 Å². The molecular formula is C14H19N3O4S. The lowest BCUT2D eigenvalue weighted by Gasteiger charge is -2.13. The summed E-state index contributed by atoms with van der Waals surface area (Å²) in [6, 6.07) is 3.34. The second kappa shape index (κ2) is 8.83. The van der Waals surface area contributed by atoms with Crippen LogP contribution in [0.4, 0.5) is 0 Å². The van der Waals surface area contributed by atoms with Crippen LogP contribution in [0.1, 0.15) is 19.4 Å². The number of nitrogens with zero attached hydrogens (tertiary/aromatic N) is 1. The van der Waals surface area contributed by atoms with Crippen LogP contribution in [0.5, 0.6) is 17.2 Å². The standard InChI is InChI=1S/C14H19N3O4S/c1-5-15-14(22)17-16-8-10-6-11(19-3)13(21-9(2)18)12(7-10)20-4/h6-8H,5H2,1-4H3,(H2,15,17,22)/b16-8-. The maximum Gasteiger partial charge on any atom is 0.308 e. The molecule has 0 aliphatic rings. The molecule has 0 aromatic heterocycles. The zero-order valence-corrected chi connectivity index (χ0v) is 13.7. The van der Waals surface area contributed by atoms with Gasteiger partial charge < -0.3 is 19.5 Å². The normalized spacial score (nSPS) is 10.2. The molecule has 1 aromatic carbocycles. The zero-order chi connectivity index (χ0) is 16.5. The van der Waals surface area contributed by atoms with E-state index in [1.807, 2.05) is 6.92 Å². The minimum Gasteiger partial charge on any atom is -0.493 e. The van der Waals surface area contributed by atoms with Gasteiger partial charge in [0.25, 0.3) is 0 Å². The first-order valence-electron chi connectivity index (χ1n) is 6.53. The Hall–Kier alpha value is -2.35. The van der Waals surface area contributed by atoms with Gasteiger partial charge in [0.15, 0.2) is 16.6 Å². The van der Waals surface area contributed by atoms with Gasteiger partial charge in [-0.1, -0.05) is 0 Å². The first kappa shape index (κ1) is 17.7. The lowest BCUT2D eigenvalue weighted by Crippen LogP contribution is -2.31. The summed E-state index contributed by atoms with van der Waals surface area (Å²) in [5.41, 5.74) is 3.37. The summed E-state index contributed by atoms with van der Waals surface area (Å²) in [5, 5.41) is 7.34. The van der Waals surface area contributed by atoms with Gasteiger partial charge in [-0.05, 0) is 31.3 Å². The molecule has 1 rings (SSSR count). The summed E-state index contributed by atoms with van der Waals surface area (Å²) in [6.07, 6.45) is 1.55. The maximum absolute atomic E-state index is 11.2. The minimum absolute atomic E-state index is 0.228. The number of methoxy groups -OCH3 is 2. The van der Waals surface area contributed by atoms with E-state index in [0.717, 1.165) is 0 Å². The lowest BCUT2D eigenvalue weighted by atomic mass is 10.2. The third kappa shape index (κ3) is 5.21. The fourth-order valence-corrected chi connectivity index (χ4v) is 1.78. The van der Waals surface area contributed by atoms with Gasteiger partial charge in [0.1, 0.15) is 0 Å². The fraction of sp³-hybridized carbons (Fsp3) is 0.357. The zero-order valence-electron chi connectivity index (χ0n) is 12.9. The van der Waals surface area contributed by atoms with Gasteiger partial charge in [-0.15, -0.1) is 0 Å². The largest absolute Gasteiger partial charge is 0.493 e. The van der Waals surface area contributed by atoms with Gasteiger partial charge in [-0.3, -0.25) is 10.2 Å². The van der Waals surface area contributed by atoms with Crippen molar-refractivity contribution in [1.29, 1.82) is 0 Å². The molecule has 0 aliphatic carbocycles. The molecule has 8 heteroatoms. The van der Waals surface area contributed by atoms with Gasteiger partial charge in [-0.2, -0.15) is 5.10 Å². The van der Waals surface area contributed by atoms with Crippen LogP contribution in [0.15, 0.2) is 17.2 Å². The second-order valence-electron chi connectivity index (χ2n) is 4.08. The van der Waals surface area contributed by atoms with E-state index in [-0.39, 0.29) is 5.75 Å². The van der Waals surface area contributed by atoms with Crippen molar-refractivity contribution in [2.24, 2.45) is 5.10 Å². The molecule has 0 saturated carbocycles. The van der Waals surface area contributed by atoms with Crippen molar-refractivity contribution in [2.75, 3.05) is 20.8 Å². The fourth-order valence-electron chi connectivity index (χ4n) is 1.58. The number of hydrogen-bond acceptors (Lipinski definition) is 6. The Morgan fingerprint density at radius 2 is 1.91 bits per heavy atom. The molecule has 0 atom stereocenters. The van der Waals surface area contributed by atoms with Crippen molar-refractivity contribution in [1.82, 2.24) is 10.7 Å². The number of rotatable bonds is 6. The van der Waals surface area contributed by atoms with Gasteiger partial charge in [-0.25, -0.2) is 0 Å². The number of thiocarbonyl (C=S) groups is 1. The monoisotopic (exact) mass is 325 g/mol. The molecule has 1 aromatic rings. The Labute approximate surface area is 134 Å². The van der Waals surface area contributed by atoms with Gasteiger partial charge in [0, 0.05) is 19.0 Å². The molecule has 0 fully saturated rings. The first-order chi connectivity index (χ1) is 10.5. The first-order valence-corrected chi connectivity index (χ1v) is 6.94. The molecule has 0 bridgehead atoms. The van der Waals surface area contributed by atoms with Crippen molar-refractivity contribution < 1.29 is 19.0 Å². The van der Waals surface area contributed by atoms with Crippen molar-refractivity contribution in [3.63, 3.8) is 0 Å². The topological polar surface area (TPSA) is 81.2 Å². The molecule has 0 heterocycles. The molecule has 0 amide bonds. The smallest absolute Gasteiger partial charge is 0.308 e. The van der Waals surface area contributed by atoms with Crippen molar-refractivity contribution in [3.8, 4) is 17.2 Å². The summed E-state index contributed by atoms with van der Waals surface area (Å²) < 4.78 is 15.5. The summed E-state index contributed by atoms with van der Waals surface area (Å²) in [6.45, 7) is 3.95. The highest BCUT2D eigenvalue weighted by Crippen LogP contribution is 2.38. The average molecular weight is 325 g/mol. The number of carbonyl (C=O) groups is 1. The Bertz CT molecular complexity index is 550.